The van der Waals surface area contributed by atoms with Gasteiger partial charge in [0.1, 0.15) is 5.75 Å². The van der Waals surface area contributed by atoms with Gasteiger partial charge < -0.3 is 14.4 Å². The molecule has 0 aliphatic heterocycles. The molecule has 0 fully saturated rings. The standard InChI is InChI=1S/C14H14BrNO4/c1-3-16-10-6-5-8(15)7-9(10)12(17)11(13(16)18)14(19)20-4-2/h5-7,17H,3-4H2,1-2H3. The number of hydrogen-bond donors (Lipinski definition) is 1. The summed E-state index contributed by atoms with van der Waals surface area (Å²) in [6.45, 7) is 3.98. The van der Waals surface area contributed by atoms with E-state index in [9.17, 15) is 14.7 Å². The first-order valence-electron chi connectivity index (χ1n) is 6.23. The number of aromatic hydroxyl groups is 1. The fraction of sp³-hybridized carbons (Fsp3) is 0.286. The Balaban J connectivity index is 2.89. The molecule has 0 amide bonds. The number of halogens is 1. The normalized spacial score (nSPS) is 10.8. The number of benzene rings is 1. The Morgan fingerprint density at radius 3 is 2.70 bits per heavy atom. The van der Waals surface area contributed by atoms with Crippen LogP contribution in [0.5, 0.6) is 5.75 Å². The van der Waals surface area contributed by atoms with Gasteiger partial charge in [0.25, 0.3) is 5.56 Å². The summed E-state index contributed by atoms with van der Waals surface area (Å²) in [6, 6.07) is 5.16. The molecule has 0 spiro atoms. The SMILES string of the molecule is CCOC(=O)c1c(O)c2cc(Br)ccc2n(CC)c1=O. The van der Waals surface area contributed by atoms with E-state index in [2.05, 4.69) is 15.9 Å². The highest BCUT2D eigenvalue weighted by atomic mass is 79.9. The summed E-state index contributed by atoms with van der Waals surface area (Å²) in [5, 5.41) is 10.7. The van der Waals surface area contributed by atoms with Crippen molar-refractivity contribution < 1.29 is 14.6 Å². The molecular weight excluding hydrogens is 326 g/mol. The van der Waals surface area contributed by atoms with Crippen LogP contribution in [0, 0.1) is 0 Å². The summed E-state index contributed by atoms with van der Waals surface area (Å²) in [5.74, 6) is -1.14. The van der Waals surface area contributed by atoms with Crippen LogP contribution < -0.4 is 5.56 Å². The van der Waals surface area contributed by atoms with E-state index in [1.807, 2.05) is 0 Å². The number of aryl methyl sites for hydroxylation is 1. The van der Waals surface area contributed by atoms with Crippen LogP contribution in [-0.2, 0) is 11.3 Å². The Hall–Kier alpha value is -1.82. The Labute approximate surface area is 123 Å². The van der Waals surface area contributed by atoms with E-state index in [-0.39, 0.29) is 17.9 Å². The van der Waals surface area contributed by atoms with Crippen LogP contribution in [-0.4, -0.2) is 22.2 Å². The first kappa shape index (κ1) is 14.6. The number of nitrogens with zero attached hydrogens (tertiary/aromatic N) is 1. The van der Waals surface area contributed by atoms with Crippen molar-refractivity contribution in [3.8, 4) is 5.75 Å². The van der Waals surface area contributed by atoms with Crippen molar-refractivity contribution in [1.29, 1.82) is 0 Å². The summed E-state index contributed by atoms with van der Waals surface area (Å²) in [4.78, 5) is 24.2. The molecule has 0 aliphatic carbocycles. The van der Waals surface area contributed by atoms with Gasteiger partial charge in [-0.2, -0.15) is 0 Å². The first-order chi connectivity index (χ1) is 9.51. The molecule has 0 aliphatic rings. The zero-order valence-corrected chi connectivity index (χ0v) is 12.7. The number of fused-ring (bicyclic) bond motifs is 1. The van der Waals surface area contributed by atoms with Crippen molar-refractivity contribution in [3.63, 3.8) is 0 Å². The van der Waals surface area contributed by atoms with E-state index < -0.39 is 11.5 Å². The lowest BCUT2D eigenvalue weighted by Gasteiger charge is -2.13. The van der Waals surface area contributed by atoms with Crippen LogP contribution in [0.1, 0.15) is 24.2 Å². The van der Waals surface area contributed by atoms with Crippen LogP contribution >= 0.6 is 15.9 Å². The van der Waals surface area contributed by atoms with Gasteiger partial charge in [0.2, 0.25) is 0 Å². The fourth-order valence-electron chi connectivity index (χ4n) is 2.11. The number of carbonyl (C=O) groups is 1. The van der Waals surface area contributed by atoms with Crippen LogP contribution in [0.25, 0.3) is 10.9 Å². The van der Waals surface area contributed by atoms with Crippen molar-refractivity contribution in [1.82, 2.24) is 4.57 Å². The van der Waals surface area contributed by atoms with E-state index in [0.29, 0.717) is 17.4 Å². The minimum Gasteiger partial charge on any atom is -0.506 e. The maximum absolute atomic E-state index is 12.3. The molecule has 5 nitrogen and oxygen atoms in total. The number of esters is 1. The predicted octanol–water partition coefficient (Wildman–Crippen LogP) is 2.67. The minimum atomic E-state index is -0.806. The molecule has 0 saturated heterocycles. The van der Waals surface area contributed by atoms with Gasteiger partial charge >= 0.3 is 5.97 Å². The van der Waals surface area contributed by atoms with Crippen LogP contribution in [0.3, 0.4) is 0 Å². The highest BCUT2D eigenvalue weighted by Crippen LogP contribution is 2.29. The molecule has 1 heterocycles. The van der Waals surface area contributed by atoms with E-state index in [1.54, 1.807) is 32.0 Å². The van der Waals surface area contributed by atoms with Crippen molar-refractivity contribution in [2.45, 2.75) is 20.4 Å². The lowest BCUT2D eigenvalue weighted by atomic mass is 10.1. The molecule has 6 heteroatoms. The predicted molar refractivity (Wildman–Crippen MR) is 79.2 cm³/mol. The number of carbonyl (C=O) groups excluding carboxylic acids is 1. The number of pyridine rings is 1. The summed E-state index contributed by atoms with van der Waals surface area (Å²) in [7, 11) is 0. The van der Waals surface area contributed by atoms with Crippen molar-refractivity contribution in [2.75, 3.05) is 6.61 Å². The van der Waals surface area contributed by atoms with E-state index >= 15 is 0 Å². The van der Waals surface area contributed by atoms with Gasteiger partial charge in [0.05, 0.1) is 12.1 Å². The van der Waals surface area contributed by atoms with Gasteiger partial charge in [-0.25, -0.2) is 4.79 Å². The molecule has 2 aromatic rings. The lowest BCUT2D eigenvalue weighted by molar-refractivity contribution is 0.0520. The van der Waals surface area contributed by atoms with Crippen LogP contribution in [0.2, 0.25) is 0 Å². The second-order valence-electron chi connectivity index (χ2n) is 4.15. The lowest BCUT2D eigenvalue weighted by Crippen LogP contribution is -2.27. The topological polar surface area (TPSA) is 68.5 Å². The van der Waals surface area contributed by atoms with Crippen LogP contribution in [0.4, 0.5) is 0 Å². The molecule has 2 rings (SSSR count). The second kappa shape index (κ2) is 5.66. The first-order valence-corrected chi connectivity index (χ1v) is 7.02. The molecule has 0 radical (unpaired) electrons. The number of ether oxygens (including phenoxy) is 1. The smallest absolute Gasteiger partial charge is 0.347 e. The van der Waals surface area contributed by atoms with E-state index in [4.69, 9.17) is 4.74 Å². The summed E-state index contributed by atoms with van der Waals surface area (Å²) >= 11 is 3.31. The number of aromatic nitrogens is 1. The third kappa shape index (κ3) is 2.31. The van der Waals surface area contributed by atoms with Gasteiger partial charge in [0.15, 0.2) is 5.56 Å². The summed E-state index contributed by atoms with van der Waals surface area (Å²) in [6.07, 6.45) is 0. The molecule has 1 aromatic heterocycles. The molecule has 106 valence electrons. The van der Waals surface area contributed by atoms with E-state index in [1.165, 1.54) is 4.57 Å². The Morgan fingerprint density at radius 2 is 2.10 bits per heavy atom. The third-order valence-electron chi connectivity index (χ3n) is 3.00. The zero-order valence-electron chi connectivity index (χ0n) is 11.1. The average molecular weight is 340 g/mol. The van der Waals surface area contributed by atoms with Crippen molar-refractivity contribution in [3.05, 3.63) is 38.6 Å². The highest BCUT2D eigenvalue weighted by Gasteiger charge is 2.22. The fourth-order valence-corrected chi connectivity index (χ4v) is 2.48. The van der Waals surface area contributed by atoms with Gasteiger partial charge in [-0.15, -0.1) is 0 Å². The van der Waals surface area contributed by atoms with Gasteiger partial charge in [-0.3, -0.25) is 4.79 Å². The molecule has 0 atom stereocenters. The van der Waals surface area contributed by atoms with E-state index in [0.717, 1.165) is 4.47 Å². The van der Waals surface area contributed by atoms with Crippen molar-refractivity contribution >= 4 is 32.8 Å². The highest BCUT2D eigenvalue weighted by molar-refractivity contribution is 9.10. The van der Waals surface area contributed by atoms with Gasteiger partial charge in [-0.05, 0) is 32.0 Å². The summed E-state index contributed by atoms with van der Waals surface area (Å²) < 4.78 is 7.03. The Bertz CT molecular complexity index is 736. The Kier molecular flexibility index (Phi) is 4.13. The molecular formula is C14H14BrNO4. The van der Waals surface area contributed by atoms with Crippen LogP contribution in [0.15, 0.2) is 27.5 Å². The van der Waals surface area contributed by atoms with Crippen molar-refractivity contribution in [2.24, 2.45) is 0 Å². The largest absolute Gasteiger partial charge is 0.506 e. The molecule has 1 N–H and O–H groups in total. The quantitative estimate of drug-likeness (QED) is 0.873. The molecule has 0 bridgehead atoms. The zero-order chi connectivity index (χ0) is 14.9. The molecule has 1 aromatic carbocycles. The third-order valence-corrected chi connectivity index (χ3v) is 3.49. The minimum absolute atomic E-state index is 0.139. The monoisotopic (exact) mass is 339 g/mol. The number of rotatable bonds is 3. The summed E-state index contributed by atoms with van der Waals surface area (Å²) in [5.41, 5.74) is -0.288. The maximum atomic E-state index is 12.3. The Morgan fingerprint density at radius 1 is 1.40 bits per heavy atom. The molecule has 0 unspecified atom stereocenters. The maximum Gasteiger partial charge on any atom is 0.347 e. The second-order valence-corrected chi connectivity index (χ2v) is 5.07. The molecule has 20 heavy (non-hydrogen) atoms. The molecule has 0 saturated carbocycles. The van der Waals surface area contributed by atoms with Gasteiger partial charge in [-0.1, -0.05) is 15.9 Å². The van der Waals surface area contributed by atoms with Gasteiger partial charge in [0, 0.05) is 16.4 Å². The number of hydrogen-bond acceptors (Lipinski definition) is 4. The average Bonchev–Trinajstić information content (AvgIpc) is 2.40.